The first-order valence-electron chi connectivity index (χ1n) is 10.3. The van der Waals surface area contributed by atoms with Crippen molar-refractivity contribution < 1.29 is 19.4 Å². The van der Waals surface area contributed by atoms with Gasteiger partial charge >= 0.3 is 0 Å². The van der Waals surface area contributed by atoms with E-state index in [4.69, 9.17) is 9.47 Å². The van der Waals surface area contributed by atoms with Crippen LogP contribution in [0, 0.1) is 6.92 Å². The van der Waals surface area contributed by atoms with Crippen molar-refractivity contribution in [2.75, 3.05) is 26.9 Å². The smallest absolute Gasteiger partial charge is 0.253 e. The molecule has 152 valence electrons. The van der Waals surface area contributed by atoms with Gasteiger partial charge in [-0.2, -0.15) is 0 Å². The highest BCUT2D eigenvalue weighted by molar-refractivity contribution is 6.08. The number of nitrogens with zero attached hydrogens (tertiary/aromatic N) is 1. The quantitative estimate of drug-likeness (QED) is 0.827. The third-order valence-electron chi connectivity index (χ3n) is 6.28. The molecular weight excluding hydrogens is 356 g/mol. The molecular formula is C22H30N2O4. The number of amides is 1. The molecule has 2 aliphatic rings. The summed E-state index contributed by atoms with van der Waals surface area (Å²) in [6.45, 7) is 3.03. The summed E-state index contributed by atoms with van der Waals surface area (Å²) in [7, 11) is 1.64. The molecule has 1 saturated heterocycles. The van der Waals surface area contributed by atoms with Crippen LogP contribution in [0.1, 0.15) is 60.6 Å². The number of rotatable bonds is 5. The topological polar surface area (TPSA) is 72.7 Å². The summed E-state index contributed by atoms with van der Waals surface area (Å²) in [5, 5.41) is 14.4. The van der Waals surface area contributed by atoms with E-state index in [1.807, 2.05) is 19.1 Å². The van der Waals surface area contributed by atoms with E-state index in [0.29, 0.717) is 24.6 Å². The van der Waals surface area contributed by atoms with E-state index in [2.05, 4.69) is 16.0 Å². The van der Waals surface area contributed by atoms with Gasteiger partial charge in [0.25, 0.3) is 5.91 Å². The highest BCUT2D eigenvalue weighted by Crippen LogP contribution is 2.37. The Labute approximate surface area is 165 Å². The molecule has 6 nitrogen and oxygen atoms in total. The third kappa shape index (κ3) is 3.51. The molecule has 1 aliphatic carbocycles. The predicted octanol–water partition coefficient (Wildman–Crippen LogP) is 3.34. The second kappa shape index (κ2) is 7.76. The molecule has 0 spiro atoms. The van der Waals surface area contributed by atoms with Crippen LogP contribution in [0.25, 0.3) is 10.9 Å². The molecule has 2 aromatic rings. The van der Waals surface area contributed by atoms with Crippen LogP contribution in [-0.4, -0.2) is 48.1 Å². The van der Waals surface area contributed by atoms with Crippen LogP contribution >= 0.6 is 0 Å². The van der Waals surface area contributed by atoms with Crippen molar-refractivity contribution in [3.8, 4) is 5.75 Å². The minimum atomic E-state index is -0.969. The van der Waals surface area contributed by atoms with E-state index in [1.54, 1.807) is 7.11 Å². The van der Waals surface area contributed by atoms with Gasteiger partial charge in [-0.1, -0.05) is 19.3 Å². The molecule has 2 N–H and O–H groups in total. The van der Waals surface area contributed by atoms with Gasteiger partial charge in [0.1, 0.15) is 11.4 Å². The van der Waals surface area contributed by atoms with Crippen molar-refractivity contribution in [1.82, 2.24) is 9.88 Å². The van der Waals surface area contributed by atoms with Gasteiger partial charge in [0.05, 0.1) is 19.3 Å². The van der Waals surface area contributed by atoms with Crippen molar-refractivity contribution in [2.45, 2.75) is 57.1 Å². The van der Waals surface area contributed by atoms with Gasteiger partial charge in [0.15, 0.2) is 0 Å². The van der Waals surface area contributed by atoms with Crippen LogP contribution < -0.4 is 10.1 Å². The summed E-state index contributed by atoms with van der Waals surface area (Å²) < 4.78 is 13.0. The van der Waals surface area contributed by atoms with Gasteiger partial charge < -0.3 is 24.5 Å². The van der Waals surface area contributed by atoms with Crippen molar-refractivity contribution in [1.29, 1.82) is 0 Å². The Balaban J connectivity index is 1.71. The van der Waals surface area contributed by atoms with E-state index >= 15 is 0 Å². The first-order chi connectivity index (χ1) is 13.5. The lowest BCUT2D eigenvalue weighted by Crippen LogP contribution is -2.43. The van der Waals surface area contributed by atoms with E-state index in [9.17, 15) is 9.90 Å². The molecule has 1 saturated carbocycles. The Bertz CT molecular complexity index is 861. The average Bonchev–Trinajstić information content (AvgIpc) is 3.27. The normalized spacial score (nSPS) is 23.2. The third-order valence-corrected chi connectivity index (χ3v) is 6.28. The zero-order valence-corrected chi connectivity index (χ0v) is 16.8. The highest BCUT2D eigenvalue weighted by Gasteiger charge is 2.33. The van der Waals surface area contributed by atoms with E-state index in [1.165, 1.54) is 19.3 Å². The first-order valence-corrected chi connectivity index (χ1v) is 10.3. The number of nitrogens with one attached hydrogen (secondary N) is 1. The number of ether oxygens (including phenoxy) is 2. The van der Waals surface area contributed by atoms with Crippen molar-refractivity contribution in [3.05, 3.63) is 29.5 Å². The zero-order chi connectivity index (χ0) is 19.7. The number of aromatic nitrogens is 1. The van der Waals surface area contributed by atoms with Crippen LogP contribution in [0.4, 0.5) is 0 Å². The summed E-state index contributed by atoms with van der Waals surface area (Å²) in [5.74, 6) is 0.593. The molecule has 2 heterocycles. The molecule has 1 unspecified atom stereocenters. The molecule has 1 aliphatic heterocycles. The van der Waals surface area contributed by atoms with E-state index in [0.717, 1.165) is 35.2 Å². The molecule has 0 bridgehead atoms. The first kappa shape index (κ1) is 19.3. The standard InChI is InChI=1S/C22H30N2O4/c1-15-20(21(25)23-13-22(26)10-11-28-14-22)18-12-17(27-2)8-9-19(18)24(15)16-6-4-3-5-7-16/h8-9,12,16,26H,3-7,10-11,13-14H2,1-2H3,(H,23,25). The lowest BCUT2D eigenvalue weighted by molar-refractivity contribution is 0.0264. The van der Waals surface area contributed by atoms with Gasteiger partial charge in [-0.25, -0.2) is 0 Å². The second-order valence-electron chi connectivity index (χ2n) is 8.21. The summed E-state index contributed by atoms with van der Waals surface area (Å²) in [6.07, 6.45) is 6.59. The summed E-state index contributed by atoms with van der Waals surface area (Å²) in [5.41, 5.74) is 1.78. The maximum Gasteiger partial charge on any atom is 0.253 e. The Morgan fingerprint density at radius 3 is 2.82 bits per heavy atom. The predicted molar refractivity (Wildman–Crippen MR) is 108 cm³/mol. The van der Waals surface area contributed by atoms with Crippen LogP contribution in [-0.2, 0) is 4.74 Å². The van der Waals surface area contributed by atoms with Crippen LogP contribution in [0.15, 0.2) is 18.2 Å². The Hall–Kier alpha value is -2.05. The summed E-state index contributed by atoms with van der Waals surface area (Å²) in [6, 6.07) is 6.40. The molecule has 6 heteroatoms. The highest BCUT2D eigenvalue weighted by atomic mass is 16.5. The van der Waals surface area contributed by atoms with Crippen LogP contribution in [0.5, 0.6) is 5.75 Å². The molecule has 4 rings (SSSR count). The number of methoxy groups -OCH3 is 1. The number of aliphatic hydroxyl groups is 1. The van der Waals surface area contributed by atoms with Crippen molar-refractivity contribution in [2.24, 2.45) is 0 Å². The lowest BCUT2D eigenvalue weighted by atomic mass is 9.95. The monoisotopic (exact) mass is 386 g/mol. The lowest BCUT2D eigenvalue weighted by Gasteiger charge is -2.26. The summed E-state index contributed by atoms with van der Waals surface area (Å²) >= 11 is 0. The fourth-order valence-electron chi connectivity index (χ4n) is 4.71. The minimum Gasteiger partial charge on any atom is -0.497 e. The Morgan fingerprint density at radius 2 is 2.14 bits per heavy atom. The SMILES string of the molecule is COc1ccc2c(c1)c(C(=O)NCC1(O)CCOC1)c(C)n2C1CCCCC1. The second-order valence-corrected chi connectivity index (χ2v) is 8.21. The van der Waals surface area contributed by atoms with Gasteiger partial charge in [0, 0.05) is 42.2 Å². The minimum absolute atomic E-state index is 0.148. The number of hydrogen-bond acceptors (Lipinski definition) is 4. The molecule has 2 fully saturated rings. The maximum atomic E-state index is 13.2. The van der Waals surface area contributed by atoms with Gasteiger partial charge in [-0.3, -0.25) is 4.79 Å². The Kier molecular flexibility index (Phi) is 5.34. The van der Waals surface area contributed by atoms with Crippen LogP contribution in [0.2, 0.25) is 0 Å². The number of benzene rings is 1. The van der Waals surface area contributed by atoms with Crippen LogP contribution in [0.3, 0.4) is 0 Å². The number of carbonyl (C=O) groups is 1. The van der Waals surface area contributed by atoms with Crippen molar-refractivity contribution in [3.63, 3.8) is 0 Å². The average molecular weight is 386 g/mol. The maximum absolute atomic E-state index is 13.2. The molecule has 0 radical (unpaired) electrons. The van der Waals surface area contributed by atoms with Gasteiger partial charge in [0.2, 0.25) is 0 Å². The number of fused-ring (bicyclic) bond motifs is 1. The largest absolute Gasteiger partial charge is 0.497 e. The molecule has 1 aromatic carbocycles. The fraction of sp³-hybridized carbons (Fsp3) is 0.591. The van der Waals surface area contributed by atoms with Crippen molar-refractivity contribution >= 4 is 16.8 Å². The van der Waals surface area contributed by atoms with E-state index < -0.39 is 5.60 Å². The molecule has 1 aromatic heterocycles. The summed E-state index contributed by atoms with van der Waals surface area (Å²) in [4.78, 5) is 13.2. The van der Waals surface area contributed by atoms with E-state index in [-0.39, 0.29) is 19.1 Å². The van der Waals surface area contributed by atoms with Gasteiger partial charge in [-0.05, 0) is 38.0 Å². The zero-order valence-electron chi connectivity index (χ0n) is 16.8. The molecule has 28 heavy (non-hydrogen) atoms. The van der Waals surface area contributed by atoms with Gasteiger partial charge in [-0.15, -0.1) is 0 Å². The number of carbonyl (C=O) groups excluding carboxylic acids is 1. The Morgan fingerprint density at radius 1 is 1.36 bits per heavy atom. The molecule has 1 amide bonds. The molecule has 1 atom stereocenters. The fourth-order valence-corrected chi connectivity index (χ4v) is 4.71. The number of hydrogen-bond donors (Lipinski definition) is 2.